The molecule has 0 saturated heterocycles. The molecule has 0 radical (unpaired) electrons. The lowest BCUT2D eigenvalue weighted by Gasteiger charge is -2.06. The first-order valence-electron chi connectivity index (χ1n) is 5.76. The van der Waals surface area contributed by atoms with Crippen LogP contribution in [0.5, 0.6) is 5.75 Å². The molecule has 0 spiro atoms. The van der Waals surface area contributed by atoms with Crippen molar-refractivity contribution in [3.63, 3.8) is 0 Å². The van der Waals surface area contributed by atoms with E-state index < -0.39 is 17.3 Å². The van der Waals surface area contributed by atoms with Crippen molar-refractivity contribution in [1.82, 2.24) is 15.5 Å². The SMILES string of the molecule is COc1ccc(CNC(=O)c2ccc(=O)[nH]n2)cc1F. The summed E-state index contributed by atoms with van der Waals surface area (Å²) in [6.45, 7) is 0.139. The number of nitrogens with one attached hydrogen (secondary N) is 2. The first-order chi connectivity index (χ1) is 9.60. The van der Waals surface area contributed by atoms with E-state index in [0.717, 1.165) is 0 Å². The molecule has 6 nitrogen and oxygen atoms in total. The van der Waals surface area contributed by atoms with Gasteiger partial charge in [0.25, 0.3) is 11.5 Å². The smallest absolute Gasteiger partial charge is 0.271 e. The van der Waals surface area contributed by atoms with Crippen molar-refractivity contribution in [1.29, 1.82) is 0 Å². The van der Waals surface area contributed by atoms with Crippen LogP contribution in [0.4, 0.5) is 4.39 Å². The molecule has 0 atom stereocenters. The molecule has 2 rings (SSSR count). The van der Waals surface area contributed by atoms with E-state index >= 15 is 0 Å². The van der Waals surface area contributed by atoms with Crippen LogP contribution in [0.1, 0.15) is 16.1 Å². The molecule has 2 aromatic rings. The highest BCUT2D eigenvalue weighted by atomic mass is 19.1. The molecular formula is C13H12FN3O3. The molecule has 7 heteroatoms. The number of hydrogen-bond acceptors (Lipinski definition) is 4. The number of aromatic amines is 1. The fourth-order valence-corrected chi connectivity index (χ4v) is 1.56. The topological polar surface area (TPSA) is 84.1 Å². The Hall–Kier alpha value is -2.70. The highest BCUT2D eigenvalue weighted by Gasteiger charge is 2.08. The second kappa shape index (κ2) is 5.96. The standard InChI is InChI=1S/C13H12FN3O3/c1-20-11-4-2-8(6-9(11)14)7-15-13(19)10-3-5-12(18)17-16-10/h2-6H,7H2,1H3,(H,15,19)(H,17,18). The number of aromatic nitrogens is 2. The van der Waals surface area contributed by atoms with Crippen LogP contribution in [0.15, 0.2) is 35.1 Å². The van der Waals surface area contributed by atoms with E-state index in [9.17, 15) is 14.0 Å². The zero-order chi connectivity index (χ0) is 14.5. The Kier molecular flexibility index (Phi) is 4.09. The van der Waals surface area contributed by atoms with Gasteiger partial charge in [-0.05, 0) is 23.8 Å². The Bertz CT molecular complexity index is 664. The lowest BCUT2D eigenvalue weighted by molar-refractivity contribution is 0.0944. The van der Waals surface area contributed by atoms with Gasteiger partial charge in [-0.25, -0.2) is 9.49 Å². The molecule has 0 aliphatic rings. The Labute approximate surface area is 113 Å². The summed E-state index contributed by atoms with van der Waals surface area (Å²) in [6.07, 6.45) is 0. The van der Waals surface area contributed by atoms with Crippen molar-refractivity contribution in [3.8, 4) is 5.75 Å². The Morgan fingerprint density at radius 3 is 2.80 bits per heavy atom. The summed E-state index contributed by atoms with van der Waals surface area (Å²) in [6, 6.07) is 6.91. The first-order valence-corrected chi connectivity index (χ1v) is 5.76. The van der Waals surface area contributed by atoms with Crippen LogP contribution in [-0.4, -0.2) is 23.2 Å². The number of benzene rings is 1. The summed E-state index contributed by atoms with van der Waals surface area (Å²) < 4.78 is 18.3. The van der Waals surface area contributed by atoms with E-state index in [1.807, 2.05) is 0 Å². The molecule has 1 heterocycles. The number of hydrogen-bond donors (Lipinski definition) is 2. The summed E-state index contributed by atoms with van der Waals surface area (Å²) in [5.74, 6) is -0.818. The predicted octanol–water partition coefficient (Wildman–Crippen LogP) is 0.848. The molecule has 20 heavy (non-hydrogen) atoms. The van der Waals surface area contributed by atoms with Gasteiger partial charge in [-0.3, -0.25) is 9.59 Å². The molecule has 0 bridgehead atoms. The molecule has 2 N–H and O–H groups in total. The van der Waals surface area contributed by atoms with Crippen molar-refractivity contribution < 1.29 is 13.9 Å². The molecule has 1 aromatic carbocycles. The second-order valence-corrected chi connectivity index (χ2v) is 3.96. The van der Waals surface area contributed by atoms with Gasteiger partial charge in [-0.2, -0.15) is 5.10 Å². The molecular weight excluding hydrogens is 265 g/mol. The van der Waals surface area contributed by atoms with Crippen molar-refractivity contribution in [2.45, 2.75) is 6.54 Å². The van der Waals surface area contributed by atoms with E-state index in [1.165, 1.54) is 31.4 Å². The van der Waals surface area contributed by atoms with Crippen LogP contribution in [0, 0.1) is 5.82 Å². The van der Waals surface area contributed by atoms with Gasteiger partial charge in [0, 0.05) is 12.6 Å². The number of halogens is 1. The minimum absolute atomic E-state index is 0.0820. The molecule has 1 amide bonds. The molecule has 0 aliphatic heterocycles. The highest BCUT2D eigenvalue weighted by Crippen LogP contribution is 2.17. The summed E-state index contributed by atoms with van der Waals surface area (Å²) in [7, 11) is 1.38. The minimum atomic E-state index is -0.499. The zero-order valence-electron chi connectivity index (χ0n) is 10.6. The third-order valence-corrected chi connectivity index (χ3v) is 2.58. The monoisotopic (exact) mass is 277 g/mol. The second-order valence-electron chi connectivity index (χ2n) is 3.96. The Balaban J connectivity index is 2.01. The number of methoxy groups -OCH3 is 1. The Morgan fingerprint density at radius 1 is 1.40 bits per heavy atom. The molecule has 0 fully saturated rings. The predicted molar refractivity (Wildman–Crippen MR) is 69.0 cm³/mol. The zero-order valence-corrected chi connectivity index (χ0v) is 10.6. The van der Waals surface area contributed by atoms with Crippen LogP contribution < -0.4 is 15.6 Å². The normalized spacial score (nSPS) is 10.1. The third-order valence-electron chi connectivity index (χ3n) is 2.58. The van der Waals surface area contributed by atoms with Crippen LogP contribution in [0.3, 0.4) is 0 Å². The average molecular weight is 277 g/mol. The lowest BCUT2D eigenvalue weighted by Crippen LogP contribution is -2.25. The van der Waals surface area contributed by atoms with Gasteiger partial charge < -0.3 is 10.1 Å². The van der Waals surface area contributed by atoms with Crippen molar-refractivity contribution in [2.24, 2.45) is 0 Å². The number of nitrogens with zero attached hydrogens (tertiary/aromatic N) is 1. The van der Waals surface area contributed by atoms with E-state index in [2.05, 4.69) is 15.5 Å². The molecule has 0 aliphatic carbocycles. The number of carbonyl (C=O) groups excluding carboxylic acids is 1. The van der Waals surface area contributed by atoms with Gasteiger partial charge in [0.15, 0.2) is 11.6 Å². The lowest BCUT2D eigenvalue weighted by atomic mass is 10.2. The summed E-state index contributed by atoms with van der Waals surface area (Å²) >= 11 is 0. The summed E-state index contributed by atoms with van der Waals surface area (Å²) in [5.41, 5.74) is 0.276. The van der Waals surface area contributed by atoms with Crippen LogP contribution in [-0.2, 0) is 6.54 Å². The minimum Gasteiger partial charge on any atom is -0.494 e. The van der Waals surface area contributed by atoms with Crippen LogP contribution in [0.25, 0.3) is 0 Å². The van der Waals surface area contributed by atoms with Crippen LogP contribution >= 0.6 is 0 Å². The molecule has 0 unspecified atom stereocenters. The first kappa shape index (κ1) is 13.7. The van der Waals surface area contributed by atoms with Crippen molar-refractivity contribution >= 4 is 5.91 Å². The van der Waals surface area contributed by atoms with E-state index in [4.69, 9.17) is 4.74 Å². The number of rotatable bonds is 4. The third kappa shape index (κ3) is 3.19. The van der Waals surface area contributed by atoms with Gasteiger partial charge >= 0.3 is 0 Å². The van der Waals surface area contributed by atoms with Crippen molar-refractivity contribution in [2.75, 3.05) is 7.11 Å². The molecule has 1 aromatic heterocycles. The van der Waals surface area contributed by atoms with Gasteiger partial charge in [0.05, 0.1) is 7.11 Å². The quantitative estimate of drug-likeness (QED) is 0.867. The maximum Gasteiger partial charge on any atom is 0.271 e. The Morgan fingerprint density at radius 2 is 2.20 bits per heavy atom. The summed E-state index contributed by atoms with van der Waals surface area (Å²) in [5, 5.41) is 8.32. The number of H-pyrrole nitrogens is 1. The highest BCUT2D eigenvalue weighted by molar-refractivity contribution is 5.91. The van der Waals surface area contributed by atoms with E-state index in [-0.39, 0.29) is 18.0 Å². The number of ether oxygens (including phenoxy) is 1. The largest absolute Gasteiger partial charge is 0.494 e. The van der Waals surface area contributed by atoms with E-state index in [1.54, 1.807) is 6.07 Å². The number of amides is 1. The molecule has 0 saturated carbocycles. The average Bonchev–Trinajstić information content (AvgIpc) is 2.45. The molecule has 104 valence electrons. The van der Waals surface area contributed by atoms with Gasteiger partial charge in [-0.1, -0.05) is 6.07 Å². The number of carbonyl (C=O) groups is 1. The van der Waals surface area contributed by atoms with Gasteiger partial charge in [0.1, 0.15) is 5.69 Å². The maximum absolute atomic E-state index is 13.5. The van der Waals surface area contributed by atoms with Crippen LogP contribution in [0.2, 0.25) is 0 Å². The maximum atomic E-state index is 13.5. The fraction of sp³-hybridized carbons (Fsp3) is 0.154. The van der Waals surface area contributed by atoms with Crippen molar-refractivity contribution in [3.05, 3.63) is 57.8 Å². The summed E-state index contributed by atoms with van der Waals surface area (Å²) in [4.78, 5) is 22.5. The van der Waals surface area contributed by atoms with E-state index in [0.29, 0.717) is 5.56 Å². The van der Waals surface area contributed by atoms with Gasteiger partial charge in [-0.15, -0.1) is 0 Å². The fourth-order valence-electron chi connectivity index (χ4n) is 1.56. The van der Waals surface area contributed by atoms with Gasteiger partial charge in [0.2, 0.25) is 0 Å².